The van der Waals surface area contributed by atoms with E-state index in [0.717, 1.165) is 44.1 Å². The highest BCUT2D eigenvalue weighted by atomic mass is 16.5. The fourth-order valence-electron chi connectivity index (χ4n) is 4.10. The first kappa shape index (κ1) is 23.4. The van der Waals surface area contributed by atoms with Crippen molar-refractivity contribution >= 4 is 17.4 Å². The summed E-state index contributed by atoms with van der Waals surface area (Å²) in [6.45, 7) is 4.27. The van der Waals surface area contributed by atoms with Crippen molar-refractivity contribution in [3.8, 4) is 17.2 Å². The first-order valence-corrected chi connectivity index (χ1v) is 11.2. The zero-order valence-corrected chi connectivity index (χ0v) is 19.8. The number of hydrogen-bond acceptors (Lipinski definition) is 7. The zero-order valence-electron chi connectivity index (χ0n) is 19.8. The summed E-state index contributed by atoms with van der Waals surface area (Å²) < 4.78 is 16.5. The highest BCUT2D eigenvalue weighted by Gasteiger charge is 2.22. The molecule has 178 valence electrons. The molecule has 1 amide bonds. The predicted molar refractivity (Wildman–Crippen MR) is 132 cm³/mol. The Morgan fingerprint density at radius 1 is 0.882 bits per heavy atom. The molecular weight excluding hydrogens is 432 g/mol. The van der Waals surface area contributed by atoms with Crippen LogP contribution in [-0.2, 0) is 6.54 Å². The van der Waals surface area contributed by atoms with Crippen molar-refractivity contribution in [3.63, 3.8) is 0 Å². The molecule has 2 heterocycles. The van der Waals surface area contributed by atoms with Crippen LogP contribution in [-0.4, -0.2) is 63.3 Å². The number of amides is 1. The third kappa shape index (κ3) is 5.23. The van der Waals surface area contributed by atoms with Crippen molar-refractivity contribution in [3.05, 3.63) is 71.9 Å². The van der Waals surface area contributed by atoms with Gasteiger partial charge in [-0.05, 0) is 30.3 Å². The second-order valence-corrected chi connectivity index (χ2v) is 7.98. The average Bonchev–Trinajstić information content (AvgIpc) is 2.89. The SMILES string of the molecule is COc1ccc(CN2CCN(c3ccc(NC(=O)c4ccccc4)cn3)CC2)c(OC)c1OC. The van der Waals surface area contributed by atoms with Gasteiger partial charge in [0.25, 0.3) is 5.91 Å². The van der Waals surface area contributed by atoms with E-state index in [0.29, 0.717) is 28.5 Å². The van der Waals surface area contributed by atoms with Gasteiger partial charge in [-0.3, -0.25) is 9.69 Å². The molecule has 1 fully saturated rings. The van der Waals surface area contributed by atoms with Crippen LogP contribution in [0.1, 0.15) is 15.9 Å². The number of hydrogen-bond donors (Lipinski definition) is 1. The van der Waals surface area contributed by atoms with Crippen LogP contribution in [0.5, 0.6) is 17.2 Å². The molecule has 4 rings (SSSR count). The molecule has 0 atom stereocenters. The number of benzene rings is 2. The van der Waals surface area contributed by atoms with Crippen LogP contribution in [0.25, 0.3) is 0 Å². The molecule has 1 aliphatic rings. The van der Waals surface area contributed by atoms with E-state index in [1.807, 2.05) is 42.5 Å². The molecule has 0 bridgehead atoms. The number of carbonyl (C=O) groups excluding carboxylic acids is 1. The molecule has 0 unspecified atom stereocenters. The molecule has 1 aromatic heterocycles. The monoisotopic (exact) mass is 462 g/mol. The van der Waals surface area contributed by atoms with E-state index in [1.54, 1.807) is 39.7 Å². The molecule has 0 saturated carbocycles. The van der Waals surface area contributed by atoms with E-state index in [1.165, 1.54) is 0 Å². The van der Waals surface area contributed by atoms with Gasteiger partial charge < -0.3 is 24.4 Å². The first-order valence-electron chi connectivity index (χ1n) is 11.2. The van der Waals surface area contributed by atoms with Gasteiger partial charge in [0.05, 0.1) is 33.2 Å². The number of piperazine rings is 1. The van der Waals surface area contributed by atoms with Crippen LogP contribution >= 0.6 is 0 Å². The normalized spacial score (nSPS) is 13.9. The number of nitrogens with zero attached hydrogens (tertiary/aromatic N) is 3. The average molecular weight is 463 g/mol. The van der Waals surface area contributed by atoms with Crippen LogP contribution in [0.3, 0.4) is 0 Å². The minimum Gasteiger partial charge on any atom is -0.493 e. The third-order valence-corrected chi connectivity index (χ3v) is 5.92. The number of pyridine rings is 1. The number of methoxy groups -OCH3 is 3. The number of anilines is 2. The van der Waals surface area contributed by atoms with Crippen molar-refractivity contribution in [2.45, 2.75) is 6.54 Å². The summed E-state index contributed by atoms with van der Waals surface area (Å²) in [6.07, 6.45) is 1.71. The Labute approximate surface area is 200 Å². The Hall–Kier alpha value is -3.78. The Kier molecular flexibility index (Phi) is 7.49. The maximum Gasteiger partial charge on any atom is 0.255 e. The fourth-order valence-corrected chi connectivity index (χ4v) is 4.10. The van der Waals surface area contributed by atoms with Crippen molar-refractivity contribution in [1.82, 2.24) is 9.88 Å². The van der Waals surface area contributed by atoms with E-state index in [2.05, 4.69) is 20.1 Å². The lowest BCUT2D eigenvalue weighted by Gasteiger charge is -2.35. The van der Waals surface area contributed by atoms with Gasteiger partial charge in [0.2, 0.25) is 5.75 Å². The van der Waals surface area contributed by atoms with Crippen LogP contribution in [0.15, 0.2) is 60.8 Å². The number of nitrogens with one attached hydrogen (secondary N) is 1. The van der Waals surface area contributed by atoms with Crippen molar-refractivity contribution in [1.29, 1.82) is 0 Å². The molecular formula is C26H30N4O4. The van der Waals surface area contributed by atoms with E-state index in [4.69, 9.17) is 14.2 Å². The largest absolute Gasteiger partial charge is 0.493 e. The van der Waals surface area contributed by atoms with Crippen molar-refractivity contribution < 1.29 is 19.0 Å². The maximum atomic E-state index is 12.3. The Morgan fingerprint density at radius 2 is 1.62 bits per heavy atom. The van der Waals surface area contributed by atoms with Crippen LogP contribution < -0.4 is 24.4 Å². The summed E-state index contributed by atoms with van der Waals surface area (Å²) in [4.78, 5) is 21.5. The Bertz CT molecular complexity index is 1100. The van der Waals surface area contributed by atoms with Gasteiger partial charge in [-0.2, -0.15) is 0 Å². The van der Waals surface area contributed by atoms with Gasteiger partial charge in [-0.15, -0.1) is 0 Å². The smallest absolute Gasteiger partial charge is 0.255 e. The number of aromatic nitrogens is 1. The zero-order chi connectivity index (χ0) is 23.9. The summed E-state index contributed by atoms with van der Waals surface area (Å²) >= 11 is 0. The standard InChI is InChI=1S/C26H30N4O4/c1-32-22-11-9-20(24(33-2)25(22)34-3)18-29-13-15-30(16-14-29)23-12-10-21(17-27-23)28-26(31)19-7-5-4-6-8-19/h4-12,17H,13-16,18H2,1-3H3,(H,28,31). The van der Waals surface area contributed by atoms with Gasteiger partial charge in [-0.1, -0.05) is 24.3 Å². The van der Waals surface area contributed by atoms with Gasteiger partial charge in [0.15, 0.2) is 11.5 Å². The number of rotatable bonds is 8. The Morgan fingerprint density at radius 3 is 2.24 bits per heavy atom. The lowest BCUT2D eigenvalue weighted by atomic mass is 10.1. The van der Waals surface area contributed by atoms with Gasteiger partial charge in [0, 0.05) is 43.9 Å². The summed E-state index contributed by atoms with van der Waals surface area (Å²) in [5, 5.41) is 2.89. The van der Waals surface area contributed by atoms with Crippen LogP contribution in [0.2, 0.25) is 0 Å². The molecule has 34 heavy (non-hydrogen) atoms. The summed E-state index contributed by atoms with van der Waals surface area (Å²) in [5.41, 5.74) is 2.36. The quantitative estimate of drug-likeness (QED) is 0.547. The summed E-state index contributed by atoms with van der Waals surface area (Å²) in [5.74, 6) is 2.74. The molecule has 1 aliphatic heterocycles. The van der Waals surface area contributed by atoms with E-state index < -0.39 is 0 Å². The minimum absolute atomic E-state index is 0.144. The number of ether oxygens (including phenoxy) is 3. The fraction of sp³-hybridized carbons (Fsp3) is 0.308. The van der Waals surface area contributed by atoms with Gasteiger partial charge in [-0.25, -0.2) is 4.98 Å². The van der Waals surface area contributed by atoms with E-state index >= 15 is 0 Å². The first-order chi connectivity index (χ1) is 16.6. The van der Waals surface area contributed by atoms with Crippen LogP contribution in [0.4, 0.5) is 11.5 Å². The van der Waals surface area contributed by atoms with Gasteiger partial charge in [0.1, 0.15) is 5.82 Å². The van der Waals surface area contributed by atoms with E-state index in [-0.39, 0.29) is 5.91 Å². The minimum atomic E-state index is -0.144. The molecule has 8 nitrogen and oxygen atoms in total. The molecule has 0 aliphatic carbocycles. The summed E-state index contributed by atoms with van der Waals surface area (Å²) in [7, 11) is 4.89. The molecule has 0 spiro atoms. The molecule has 2 aromatic carbocycles. The molecule has 3 aromatic rings. The topological polar surface area (TPSA) is 76.2 Å². The lowest BCUT2D eigenvalue weighted by molar-refractivity contribution is 0.102. The molecule has 1 N–H and O–H groups in total. The highest BCUT2D eigenvalue weighted by Crippen LogP contribution is 2.40. The molecule has 8 heteroatoms. The number of carbonyl (C=O) groups is 1. The third-order valence-electron chi connectivity index (χ3n) is 5.92. The van der Waals surface area contributed by atoms with E-state index in [9.17, 15) is 4.79 Å². The summed E-state index contributed by atoms with van der Waals surface area (Å²) in [6, 6.07) is 16.9. The second-order valence-electron chi connectivity index (χ2n) is 7.98. The maximum absolute atomic E-state index is 12.3. The van der Waals surface area contributed by atoms with Crippen LogP contribution in [0, 0.1) is 0 Å². The highest BCUT2D eigenvalue weighted by molar-refractivity contribution is 6.04. The molecule has 1 saturated heterocycles. The predicted octanol–water partition coefficient (Wildman–Crippen LogP) is 3.68. The van der Waals surface area contributed by atoms with Gasteiger partial charge >= 0.3 is 0 Å². The second kappa shape index (κ2) is 10.9. The lowest BCUT2D eigenvalue weighted by Crippen LogP contribution is -2.46. The van der Waals surface area contributed by atoms with Crippen molar-refractivity contribution in [2.24, 2.45) is 0 Å². The van der Waals surface area contributed by atoms with Crippen molar-refractivity contribution in [2.75, 3.05) is 57.7 Å². The Balaban J connectivity index is 1.34. The molecule has 0 radical (unpaired) electrons.